The Morgan fingerprint density at radius 1 is 1.50 bits per heavy atom. The molecule has 0 aromatic rings. The van der Waals surface area contributed by atoms with Gasteiger partial charge in [0, 0.05) is 36.0 Å². The Balaban J connectivity index is 1.90. The van der Waals surface area contributed by atoms with Gasteiger partial charge >= 0.3 is 0 Å². The van der Waals surface area contributed by atoms with Crippen LogP contribution in [-0.2, 0) is 4.74 Å². The van der Waals surface area contributed by atoms with Gasteiger partial charge in [0.15, 0.2) is 0 Å². The van der Waals surface area contributed by atoms with Crippen molar-refractivity contribution in [2.24, 2.45) is 11.8 Å². The van der Waals surface area contributed by atoms with Crippen molar-refractivity contribution in [3.05, 3.63) is 0 Å². The predicted octanol–water partition coefficient (Wildman–Crippen LogP) is 2.08. The second kappa shape index (κ2) is 3.10. The molecule has 70 valence electrons. The fraction of sp³-hybridized carbons (Fsp3) is 1.00. The fourth-order valence-electron chi connectivity index (χ4n) is 2.11. The number of halogens is 1. The SMILES string of the molecule is CC(C)C1COC2(C1)CN(I)C2. The van der Waals surface area contributed by atoms with Crippen LogP contribution in [0.1, 0.15) is 20.3 Å². The Labute approximate surface area is 88.1 Å². The van der Waals surface area contributed by atoms with Crippen LogP contribution in [0.3, 0.4) is 0 Å². The largest absolute Gasteiger partial charge is 0.372 e. The quantitative estimate of drug-likeness (QED) is 0.539. The molecule has 0 amide bonds. The first-order chi connectivity index (χ1) is 5.61. The maximum atomic E-state index is 5.87. The molecule has 1 spiro atoms. The van der Waals surface area contributed by atoms with Crippen LogP contribution in [0.5, 0.6) is 0 Å². The molecule has 0 bridgehead atoms. The van der Waals surface area contributed by atoms with Crippen molar-refractivity contribution in [3.8, 4) is 0 Å². The van der Waals surface area contributed by atoms with E-state index in [1.807, 2.05) is 0 Å². The molecule has 0 N–H and O–H groups in total. The highest BCUT2D eigenvalue weighted by Gasteiger charge is 2.49. The van der Waals surface area contributed by atoms with E-state index in [1.54, 1.807) is 0 Å². The van der Waals surface area contributed by atoms with Crippen molar-refractivity contribution >= 4 is 22.9 Å². The topological polar surface area (TPSA) is 12.5 Å². The third kappa shape index (κ3) is 1.51. The summed E-state index contributed by atoms with van der Waals surface area (Å²) in [6, 6.07) is 0. The van der Waals surface area contributed by atoms with E-state index in [2.05, 4.69) is 39.8 Å². The minimum Gasteiger partial charge on any atom is -0.372 e. The van der Waals surface area contributed by atoms with Gasteiger partial charge in [-0.3, -0.25) is 0 Å². The second-order valence-electron chi connectivity index (χ2n) is 4.48. The van der Waals surface area contributed by atoms with Crippen molar-refractivity contribution in [2.75, 3.05) is 19.7 Å². The standard InChI is InChI=1S/C9H16INO/c1-7(2)8-3-9(12-4-8)5-11(10)6-9/h7-8H,3-6H2,1-2H3. The summed E-state index contributed by atoms with van der Waals surface area (Å²) in [4.78, 5) is 0. The van der Waals surface area contributed by atoms with Crippen LogP contribution >= 0.6 is 22.9 Å². The van der Waals surface area contributed by atoms with Crippen LogP contribution < -0.4 is 0 Å². The molecule has 0 radical (unpaired) electrons. The number of nitrogens with zero attached hydrogens (tertiary/aromatic N) is 1. The molecule has 2 aliphatic rings. The lowest BCUT2D eigenvalue weighted by atomic mass is 9.84. The van der Waals surface area contributed by atoms with Crippen LogP contribution in [0, 0.1) is 11.8 Å². The van der Waals surface area contributed by atoms with Gasteiger partial charge < -0.3 is 4.74 Å². The monoisotopic (exact) mass is 281 g/mol. The van der Waals surface area contributed by atoms with E-state index in [4.69, 9.17) is 4.74 Å². The van der Waals surface area contributed by atoms with Crippen LogP contribution in [0.25, 0.3) is 0 Å². The van der Waals surface area contributed by atoms with Crippen molar-refractivity contribution in [2.45, 2.75) is 25.9 Å². The molecule has 1 atom stereocenters. The third-order valence-corrected chi connectivity index (χ3v) is 3.78. The lowest BCUT2D eigenvalue weighted by Crippen LogP contribution is -2.57. The van der Waals surface area contributed by atoms with E-state index in [0.29, 0.717) is 0 Å². The normalized spacial score (nSPS) is 34.5. The van der Waals surface area contributed by atoms with Gasteiger partial charge in [-0.15, -0.1) is 0 Å². The van der Waals surface area contributed by atoms with Crippen molar-refractivity contribution in [3.63, 3.8) is 0 Å². The van der Waals surface area contributed by atoms with E-state index in [9.17, 15) is 0 Å². The smallest absolute Gasteiger partial charge is 0.0954 e. The molecule has 2 rings (SSSR count). The van der Waals surface area contributed by atoms with Crippen LogP contribution in [-0.4, -0.2) is 28.4 Å². The summed E-state index contributed by atoms with van der Waals surface area (Å²) in [5.74, 6) is 1.59. The molecule has 3 heteroatoms. The Bertz CT molecular complexity index is 177. The maximum Gasteiger partial charge on any atom is 0.0954 e. The number of hydrogen-bond donors (Lipinski definition) is 0. The van der Waals surface area contributed by atoms with E-state index in [-0.39, 0.29) is 5.60 Å². The highest BCUT2D eigenvalue weighted by molar-refractivity contribution is 14.1. The van der Waals surface area contributed by atoms with E-state index < -0.39 is 0 Å². The van der Waals surface area contributed by atoms with Gasteiger partial charge in [0.25, 0.3) is 0 Å². The first-order valence-corrected chi connectivity index (χ1v) is 5.62. The minimum absolute atomic E-state index is 0.260. The van der Waals surface area contributed by atoms with Gasteiger partial charge in [-0.25, -0.2) is 3.11 Å². The molecule has 2 saturated heterocycles. The zero-order chi connectivity index (χ0) is 8.77. The molecule has 2 nitrogen and oxygen atoms in total. The first kappa shape index (κ1) is 9.21. The van der Waals surface area contributed by atoms with E-state index in [0.717, 1.165) is 31.5 Å². The summed E-state index contributed by atoms with van der Waals surface area (Å²) in [7, 11) is 0. The second-order valence-corrected chi connectivity index (χ2v) is 5.85. The Morgan fingerprint density at radius 2 is 2.17 bits per heavy atom. The molecule has 2 heterocycles. The summed E-state index contributed by atoms with van der Waals surface area (Å²) in [6.07, 6.45) is 1.28. The van der Waals surface area contributed by atoms with Crippen molar-refractivity contribution in [1.29, 1.82) is 0 Å². The minimum atomic E-state index is 0.260. The zero-order valence-corrected chi connectivity index (χ0v) is 9.87. The van der Waals surface area contributed by atoms with Gasteiger partial charge in [0.05, 0.1) is 12.2 Å². The van der Waals surface area contributed by atoms with Gasteiger partial charge in [0.1, 0.15) is 0 Å². The van der Waals surface area contributed by atoms with Gasteiger partial charge in [-0.05, 0) is 18.3 Å². The van der Waals surface area contributed by atoms with Gasteiger partial charge in [0.2, 0.25) is 0 Å². The molecule has 12 heavy (non-hydrogen) atoms. The Kier molecular flexibility index (Phi) is 2.38. The predicted molar refractivity (Wildman–Crippen MR) is 57.2 cm³/mol. The fourth-order valence-corrected chi connectivity index (χ4v) is 3.35. The average molecular weight is 281 g/mol. The summed E-state index contributed by atoms with van der Waals surface area (Å²) < 4.78 is 8.18. The Morgan fingerprint density at radius 3 is 2.58 bits per heavy atom. The molecule has 0 aliphatic carbocycles. The maximum absolute atomic E-state index is 5.87. The van der Waals surface area contributed by atoms with Gasteiger partial charge in [-0.1, -0.05) is 13.8 Å². The lowest BCUT2D eigenvalue weighted by molar-refractivity contribution is -0.0668. The van der Waals surface area contributed by atoms with Crippen LogP contribution in [0.2, 0.25) is 0 Å². The molecule has 0 aromatic carbocycles. The highest BCUT2D eigenvalue weighted by atomic mass is 127. The number of hydrogen-bond acceptors (Lipinski definition) is 2. The third-order valence-electron chi connectivity index (χ3n) is 3.10. The van der Waals surface area contributed by atoms with Gasteiger partial charge in [-0.2, -0.15) is 0 Å². The molecule has 0 saturated carbocycles. The molecule has 1 unspecified atom stereocenters. The Hall–Kier alpha value is 0.650. The van der Waals surface area contributed by atoms with Crippen molar-refractivity contribution < 1.29 is 4.74 Å². The zero-order valence-electron chi connectivity index (χ0n) is 7.72. The molecular weight excluding hydrogens is 265 g/mol. The summed E-state index contributed by atoms with van der Waals surface area (Å²) in [6.45, 7) is 7.86. The average Bonchev–Trinajstić information content (AvgIpc) is 2.31. The number of ether oxygens (including phenoxy) is 1. The van der Waals surface area contributed by atoms with Crippen molar-refractivity contribution in [1.82, 2.24) is 3.11 Å². The molecule has 2 fully saturated rings. The summed E-state index contributed by atoms with van der Waals surface area (Å²) in [5, 5.41) is 0. The first-order valence-electron chi connectivity index (χ1n) is 4.66. The molecular formula is C9H16INO. The number of rotatable bonds is 1. The van der Waals surface area contributed by atoms with E-state index >= 15 is 0 Å². The van der Waals surface area contributed by atoms with Crippen LogP contribution in [0.15, 0.2) is 0 Å². The molecule has 0 aromatic heterocycles. The lowest BCUT2D eigenvalue weighted by Gasteiger charge is -2.43. The van der Waals surface area contributed by atoms with E-state index in [1.165, 1.54) is 6.42 Å². The summed E-state index contributed by atoms with van der Waals surface area (Å²) >= 11 is 2.37. The summed E-state index contributed by atoms with van der Waals surface area (Å²) in [5.41, 5.74) is 0.260. The highest BCUT2D eigenvalue weighted by Crippen LogP contribution is 2.41. The van der Waals surface area contributed by atoms with Crippen LogP contribution in [0.4, 0.5) is 0 Å². The molecule has 2 aliphatic heterocycles.